The predicted molar refractivity (Wildman–Crippen MR) is 113 cm³/mol. The van der Waals surface area contributed by atoms with Crippen molar-refractivity contribution in [3.63, 3.8) is 0 Å². The van der Waals surface area contributed by atoms with Gasteiger partial charge in [0.05, 0.1) is 26.9 Å². The molecule has 0 aliphatic heterocycles. The molecule has 7 nitrogen and oxygen atoms in total. The SMILES string of the molecule is Cc1ccc(-n2nc(C)cc2NC(=O)c2cc(S(=O)(=O)N(C)C)ccc2Cl)cc1. The number of aryl methyl sites for hydroxylation is 2. The first-order valence-corrected chi connectivity index (χ1v) is 10.6. The van der Waals surface area contributed by atoms with Crippen LogP contribution in [0.3, 0.4) is 0 Å². The molecule has 1 amide bonds. The standard InChI is InChI=1S/C20H21ClN4O3S/c1-13-5-7-15(8-6-13)25-19(11-14(2)23-25)22-20(26)17-12-16(9-10-18(17)21)29(27,28)24(3)4/h5-12H,1-4H3,(H,22,26). The highest BCUT2D eigenvalue weighted by Crippen LogP contribution is 2.24. The highest BCUT2D eigenvalue weighted by molar-refractivity contribution is 7.89. The van der Waals surface area contributed by atoms with Gasteiger partial charge in [-0.25, -0.2) is 17.4 Å². The Labute approximate surface area is 175 Å². The van der Waals surface area contributed by atoms with Gasteiger partial charge in [-0.2, -0.15) is 5.10 Å². The minimum absolute atomic E-state index is 0.0136. The maximum absolute atomic E-state index is 12.9. The van der Waals surface area contributed by atoms with Crippen molar-refractivity contribution < 1.29 is 13.2 Å². The highest BCUT2D eigenvalue weighted by Gasteiger charge is 2.21. The smallest absolute Gasteiger partial charge is 0.258 e. The van der Waals surface area contributed by atoms with Crippen molar-refractivity contribution in [2.75, 3.05) is 19.4 Å². The topological polar surface area (TPSA) is 84.3 Å². The van der Waals surface area contributed by atoms with Gasteiger partial charge in [0, 0.05) is 20.2 Å². The minimum Gasteiger partial charge on any atom is -0.306 e. The third-order valence-corrected chi connectivity index (χ3v) is 6.45. The van der Waals surface area contributed by atoms with Crippen molar-refractivity contribution in [3.05, 3.63) is 70.4 Å². The van der Waals surface area contributed by atoms with Crippen LogP contribution in [-0.2, 0) is 10.0 Å². The normalized spacial score (nSPS) is 11.7. The zero-order valence-electron chi connectivity index (χ0n) is 16.5. The van der Waals surface area contributed by atoms with Gasteiger partial charge in [-0.05, 0) is 44.2 Å². The van der Waals surface area contributed by atoms with Crippen molar-refractivity contribution in [2.24, 2.45) is 0 Å². The molecule has 0 spiro atoms. The van der Waals surface area contributed by atoms with E-state index in [2.05, 4.69) is 10.4 Å². The lowest BCUT2D eigenvalue weighted by molar-refractivity contribution is 0.102. The summed E-state index contributed by atoms with van der Waals surface area (Å²) in [7, 11) is -0.850. The highest BCUT2D eigenvalue weighted by atomic mass is 35.5. The molecule has 152 valence electrons. The first-order valence-electron chi connectivity index (χ1n) is 8.77. The van der Waals surface area contributed by atoms with Gasteiger partial charge in [0.1, 0.15) is 5.82 Å². The minimum atomic E-state index is -3.70. The largest absolute Gasteiger partial charge is 0.306 e. The number of carbonyl (C=O) groups is 1. The van der Waals surface area contributed by atoms with Gasteiger partial charge in [0.15, 0.2) is 0 Å². The number of rotatable bonds is 5. The summed E-state index contributed by atoms with van der Waals surface area (Å²) in [5, 5.41) is 7.36. The second-order valence-corrected chi connectivity index (χ2v) is 9.36. The molecule has 3 rings (SSSR count). The average molecular weight is 433 g/mol. The number of halogens is 1. The Morgan fingerprint density at radius 1 is 1.07 bits per heavy atom. The second-order valence-electron chi connectivity index (χ2n) is 6.80. The zero-order chi connectivity index (χ0) is 21.3. The van der Waals surface area contributed by atoms with E-state index in [0.29, 0.717) is 5.82 Å². The van der Waals surface area contributed by atoms with Gasteiger partial charge < -0.3 is 5.32 Å². The molecule has 3 aromatic rings. The zero-order valence-corrected chi connectivity index (χ0v) is 18.0. The molecule has 0 bridgehead atoms. The van der Waals surface area contributed by atoms with E-state index in [1.807, 2.05) is 38.1 Å². The van der Waals surface area contributed by atoms with Crippen LogP contribution in [0.5, 0.6) is 0 Å². The molecule has 1 N–H and O–H groups in total. The summed E-state index contributed by atoms with van der Waals surface area (Å²) in [4.78, 5) is 12.9. The number of anilines is 1. The summed E-state index contributed by atoms with van der Waals surface area (Å²) in [6, 6.07) is 13.5. The van der Waals surface area contributed by atoms with Crippen LogP contribution >= 0.6 is 11.6 Å². The van der Waals surface area contributed by atoms with Crippen LogP contribution in [0.15, 0.2) is 53.4 Å². The lowest BCUT2D eigenvalue weighted by atomic mass is 10.2. The predicted octanol–water partition coefficient (Wildman–Crippen LogP) is 3.65. The molecular formula is C20H21ClN4O3S. The number of hydrogen-bond donors (Lipinski definition) is 1. The third-order valence-electron chi connectivity index (χ3n) is 4.31. The monoisotopic (exact) mass is 432 g/mol. The molecule has 0 aliphatic carbocycles. The van der Waals surface area contributed by atoms with E-state index in [0.717, 1.165) is 21.2 Å². The van der Waals surface area contributed by atoms with E-state index in [9.17, 15) is 13.2 Å². The maximum atomic E-state index is 12.9. The van der Waals surface area contributed by atoms with E-state index >= 15 is 0 Å². The van der Waals surface area contributed by atoms with E-state index in [-0.39, 0.29) is 15.5 Å². The van der Waals surface area contributed by atoms with Crippen LogP contribution in [0.25, 0.3) is 5.69 Å². The number of carbonyl (C=O) groups excluding carboxylic acids is 1. The molecule has 9 heteroatoms. The molecule has 29 heavy (non-hydrogen) atoms. The second kappa shape index (κ2) is 7.98. The molecular weight excluding hydrogens is 412 g/mol. The molecule has 0 radical (unpaired) electrons. The number of nitrogens with one attached hydrogen (secondary N) is 1. The third kappa shape index (κ3) is 4.34. The summed E-state index contributed by atoms with van der Waals surface area (Å²) in [6.45, 7) is 3.80. The Bertz CT molecular complexity index is 1170. The van der Waals surface area contributed by atoms with Gasteiger partial charge in [-0.1, -0.05) is 29.3 Å². The van der Waals surface area contributed by atoms with Crippen LogP contribution in [0.1, 0.15) is 21.6 Å². The molecule has 0 saturated heterocycles. The van der Waals surface area contributed by atoms with E-state index in [1.54, 1.807) is 10.7 Å². The van der Waals surface area contributed by atoms with E-state index in [1.165, 1.54) is 32.3 Å². The fraction of sp³-hybridized carbons (Fsp3) is 0.200. The fourth-order valence-corrected chi connectivity index (χ4v) is 3.84. The molecule has 0 atom stereocenters. The lowest BCUT2D eigenvalue weighted by Crippen LogP contribution is -2.23. The van der Waals surface area contributed by atoms with Crippen molar-refractivity contribution in [3.8, 4) is 5.69 Å². The maximum Gasteiger partial charge on any atom is 0.258 e. The van der Waals surface area contributed by atoms with Crippen LogP contribution in [0.2, 0.25) is 5.02 Å². The molecule has 1 aromatic heterocycles. The number of nitrogens with zero attached hydrogens (tertiary/aromatic N) is 3. The van der Waals surface area contributed by atoms with Crippen LogP contribution in [-0.4, -0.2) is 42.5 Å². The summed E-state index contributed by atoms with van der Waals surface area (Å²) < 4.78 is 27.5. The van der Waals surface area contributed by atoms with Crippen LogP contribution in [0.4, 0.5) is 5.82 Å². The van der Waals surface area contributed by atoms with Crippen LogP contribution < -0.4 is 5.32 Å². The van der Waals surface area contributed by atoms with E-state index < -0.39 is 15.9 Å². The number of sulfonamides is 1. The quantitative estimate of drug-likeness (QED) is 0.667. The van der Waals surface area contributed by atoms with Crippen LogP contribution in [0, 0.1) is 13.8 Å². The summed E-state index contributed by atoms with van der Waals surface area (Å²) in [5.74, 6) is -0.0765. The fourth-order valence-electron chi connectivity index (χ4n) is 2.70. The summed E-state index contributed by atoms with van der Waals surface area (Å²) >= 11 is 6.17. The van der Waals surface area contributed by atoms with Gasteiger partial charge in [0.25, 0.3) is 5.91 Å². The Morgan fingerprint density at radius 2 is 1.72 bits per heavy atom. The Balaban J connectivity index is 1.97. The summed E-state index contributed by atoms with van der Waals surface area (Å²) in [6.07, 6.45) is 0. The average Bonchev–Trinajstić information content (AvgIpc) is 3.02. The number of aromatic nitrogens is 2. The van der Waals surface area contributed by atoms with Gasteiger partial charge in [0.2, 0.25) is 10.0 Å². The van der Waals surface area contributed by atoms with E-state index in [4.69, 9.17) is 11.6 Å². The lowest BCUT2D eigenvalue weighted by Gasteiger charge is -2.14. The first-order chi connectivity index (χ1) is 13.6. The van der Waals surface area contributed by atoms with Crippen molar-refractivity contribution in [1.29, 1.82) is 0 Å². The molecule has 0 unspecified atom stereocenters. The number of benzene rings is 2. The van der Waals surface area contributed by atoms with Gasteiger partial charge >= 0.3 is 0 Å². The van der Waals surface area contributed by atoms with Crippen molar-refractivity contribution in [2.45, 2.75) is 18.7 Å². The molecule has 0 aliphatic rings. The summed E-state index contributed by atoms with van der Waals surface area (Å²) in [5.41, 5.74) is 2.67. The Kier molecular flexibility index (Phi) is 5.79. The first kappa shape index (κ1) is 21.0. The van der Waals surface area contributed by atoms with Gasteiger partial charge in [-0.15, -0.1) is 0 Å². The van der Waals surface area contributed by atoms with Crippen molar-refractivity contribution in [1.82, 2.24) is 14.1 Å². The molecule has 0 saturated carbocycles. The van der Waals surface area contributed by atoms with Gasteiger partial charge in [-0.3, -0.25) is 4.79 Å². The molecule has 0 fully saturated rings. The Hall–Kier alpha value is -2.68. The number of amides is 1. The molecule has 2 aromatic carbocycles. The Morgan fingerprint density at radius 3 is 2.34 bits per heavy atom. The van der Waals surface area contributed by atoms with Crippen molar-refractivity contribution >= 4 is 33.3 Å². The number of hydrogen-bond acceptors (Lipinski definition) is 4. The molecule has 1 heterocycles.